The van der Waals surface area contributed by atoms with Crippen LogP contribution >= 0.6 is 0 Å². The SMILES string of the molecule is Cn1cnc2cc(C(=O)N3CCCC(c4nnc5n4CCC5)C3)ccc21. The number of benzene rings is 1. The van der Waals surface area contributed by atoms with E-state index in [1.165, 1.54) is 0 Å². The van der Waals surface area contributed by atoms with Crippen molar-refractivity contribution in [2.45, 2.75) is 38.1 Å². The first-order chi connectivity index (χ1) is 12.7. The van der Waals surface area contributed by atoms with E-state index >= 15 is 0 Å². The third kappa shape index (κ3) is 2.41. The maximum absolute atomic E-state index is 13.0. The number of piperidine rings is 1. The van der Waals surface area contributed by atoms with E-state index in [1.54, 1.807) is 6.33 Å². The maximum Gasteiger partial charge on any atom is 0.253 e. The van der Waals surface area contributed by atoms with Gasteiger partial charge in [-0.15, -0.1) is 10.2 Å². The summed E-state index contributed by atoms with van der Waals surface area (Å²) in [5.74, 6) is 2.54. The second-order valence-electron chi connectivity index (χ2n) is 7.38. The topological polar surface area (TPSA) is 68.8 Å². The molecule has 26 heavy (non-hydrogen) atoms. The van der Waals surface area contributed by atoms with Gasteiger partial charge in [-0.2, -0.15) is 0 Å². The largest absolute Gasteiger partial charge is 0.338 e. The molecule has 0 bridgehead atoms. The van der Waals surface area contributed by atoms with Crippen LogP contribution in [0.15, 0.2) is 24.5 Å². The minimum Gasteiger partial charge on any atom is -0.338 e. The molecule has 0 saturated carbocycles. The highest BCUT2D eigenvalue weighted by Gasteiger charge is 2.30. The summed E-state index contributed by atoms with van der Waals surface area (Å²) in [7, 11) is 1.96. The Morgan fingerprint density at radius 3 is 3.04 bits per heavy atom. The first-order valence-corrected chi connectivity index (χ1v) is 9.33. The van der Waals surface area contributed by atoms with Crippen LogP contribution in [-0.2, 0) is 20.0 Å². The van der Waals surface area contributed by atoms with Gasteiger partial charge in [0.05, 0.1) is 17.4 Å². The Morgan fingerprint density at radius 2 is 2.12 bits per heavy atom. The number of carbonyl (C=O) groups is 1. The van der Waals surface area contributed by atoms with Gasteiger partial charge in [-0.3, -0.25) is 4.79 Å². The van der Waals surface area contributed by atoms with Crippen LogP contribution in [-0.4, -0.2) is 48.2 Å². The van der Waals surface area contributed by atoms with Crippen LogP contribution < -0.4 is 0 Å². The smallest absolute Gasteiger partial charge is 0.253 e. The van der Waals surface area contributed by atoms with Gasteiger partial charge in [0.25, 0.3) is 5.91 Å². The van der Waals surface area contributed by atoms with Gasteiger partial charge < -0.3 is 14.0 Å². The molecular formula is C19H22N6O. The van der Waals surface area contributed by atoms with Gasteiger partial charge in [0.15, 0.2) is 0 Å². The van der Waals surface area contributed by atoms with E-state index in [1.807, 2.05) is 34.7 Å². The lowest BCUT2D eigenvalue weighted by Crippen LogP contribution is -2.39. The molecule has 134 valence electrons. The molecule has 5 rings (SSSR count). The minimum absolute atomic E-state index is 0.0865. The predicted molar refractivity (Wildman–Crippen MR) is 96.9 cm³/mol. The molecule has 7 nitrogen and oxygen atoms in total. The number of hydrogen-bond acceptors (Lipinski definition) is 4. The van der Waals surface area contributed by atoms with Gasteiger partial charge in [-0.25, -0.2) is 4.98 Å². The number of likely N-dealkylation sites (tertiary alicyclic amines) is 1. The predicted octanol–water partition coefficient (Wildman–Crippen LogP) is 2.13. The van der Waals surface area contributed by atoms with E-state index in [2.05, 4.69) is 19.7 Å². The normalized spacial score (nSPS) is 19.9. The molecule has 1 aromatic carbocycles. The molecule has 0 aliphatic carbocycles. The number of amides is 1. The summed E-state index contributed by atoms with van der Waals surface area (Å²) in [6.45, 7) is 2.53. The van der Waals surface area contributed by atoms with Crippen LogP contribution in [0.4, 0.5) is 0 Å². The molecule has 0 N–H and O–H groups in total. The van der Waals surface area contributed by atoms with Crippen molar-refractivity contribution < 1.29 is 4.79 Å². The zero-order chi connectivity index (χ0) is 17.7. The summed E-state index contributed by atoms with van der Waals surface area (Å²) in [6, 6.07) is 5.78. The fourth-order valence-electron chi connectivity index (χ4n) is 4.30. The molecule has 4 heterocycles. The van der Waals surface area contributed by atoms with Gasteiger partial charge in [0.1, 0.15) is 11.6 Å². The van der Waals surface area contributed by atoms with E-state index in [0.29, 0.717) is 5.56 Å². The number of aryl methyl sites for hydroxylation is 2. The Balaban J connectivity index is 1.39. The molecule has 3 aromatic rings. The Labute approximate surface area is 151 Å². The van der Waals surface area contributed by atoms with Crippen molar-refractivity contribution >= 4 is 16.9 Å². The van der Waals surface area contributed by atoms with Crippen molar-refractivity contribution in [3.05, 3.63) is 41.7 Å². The fraction of sp³-hybridized carbons (Fsp3) is 0.474. The first kappa shape index (κ1) is 15.5. The summed E-state index contributed by atoms with van der Waals surface area (Å²) >= 11 is 0. The van der Waals surface area contributed by atoms with Crippen molar-refractivity contribution in [2.24, 2.45) is 7.05 Å². The molecular weight excluding hydrogens is 328 g/mol. The van der Waals surface area contributed by atoms with Crippen molar-refractivity contribution in [3.63, 3.8) is 0 Å². The Hall–Kier alpha value is -2.70. The van der Waals surface area contributed by atoms with Crippen molar-refractivity contribution in [1.82, 2.24) is 29.2 Å². The van der Waals surface area contributed by atoms with Crippen LogP contribution in [0.25, 0.3) is 11.0 Å². The highest BCUT2D eigenvalue weighted by Crippen LogP contribution is 2.29. The second kappa shape index (κ2) is 5.93. The second-order valence-corrected chi connectivity index (χ2v) is 7.38. The van der Waals surface area contributed by atoms with E-state index in [9.17, 15) is 4.79 Å². The standard InChI is InChI=1S/C19H22N6O/c1-23-12-20-15-10-13(6-7-16(15)23)19(26)24-8-2-4-14(11-24)18-22-21-17-5-3-9-25(17)18/h6-7,10,12,14H,2-5,8-9,11H2,1H3. The number of aromatic nitrogens is 5. The Kier molecular flexibility index (Phi) is 3.55. The van der Waals surface area contributed by atoms with E-state index in [-0.39, 0.29) is 11.8 Å². The first-order valence-electron chi connectivity index (χ1n) is 9.33. The number of hydrogen-bond donors (Lipinski definition) is 0. The van der Waals surface area contributed by atoms with Gasteiger partial charge in [0, 0.05) is 44.6 Å². The third-order valence-corrected chi connectivity index (χ3v) is 5.68. The number of imidazole rings is 1. The van der Waals surface area contributed by atoms with Crippen LogP contribution in [0.3, 0.4) is 0 Å². The molecule has 1 unspecified atom stereocenters. The highest BCUT2D eigenvalue weighted by atomic mass is 16.2. The van der Waals surface area contributed by atoms with Crippen LogP contribution in [0.5, 0.6) is 0 Å². The molecule has 2 aliphatic heterocycles. The van der Waals surface area contributed by atoms with Crippen LogP contribution in [0.1, 0.15) is 47.2 Å². The average Bonchev–Trinajstić information content (AvgIpc) is 3.37. The minimum atomic E-state index is 0.0865. The van der Waals surface area contributed by atoms with Crippen molar-refractivity contribution in [3.8, 4) is 0 Å². The number of carbonyl (C=O) groups excluding carboxylic acids is 1. The molecule has 0 spiro atoms. The van der Waals surface area contributed by atoms with Gasteiger partial charge in [0.2, 0.25) is 0 Å². The van der Waals surface area contributed by atoms with Gasteiger partial charge in [-0.05, 0) is 37.5 Å². The van der Waals surface area contributed by atoms with E-state index in [0.717, 1.165) is 68.0 Å². The average molecular weight is 350 g/mol. The Bertz CT molecular complexity index is 987. The van der Waals surface area contributed by atoms with Crippen LogP contribution in [0.2, 0.25) is 0 Å². The van der Waals surface area contributed by atoms with Gasteiger partial charge in [-0.1, -0.05) is 0 Å². The van der Waals surface area contributed by atoms with Gasteiger partial charge >= 0.3 is 0 Å². The maximum atomic E-state index is 13.0. The molecule has 1 atom stereocenters. The third-order valence-electron chi connectivity index (χ3n) is 5.68. The lowest BCUT2D eigenvalue weighted by Gasteiger charge is -2.32. The highest BCUT2D eigenvalue weighted by molar-refractivity contribution is 5.97. The zero-order valence-electron chi connectivity index (χ0n) is 14.9. The van der Waals surface area contributed by atoms with Crippen molar-refractivity contribution in [1.29, 1.82) is 0 Å². The number of fused-ring (bicyclic) bond motifs is 2. The van der Waals surface area contributed by atoms with Crippen molar-refractivity contribution in [2.75, 3.05) is 13.1 Å². The summed E-state index contributed by atoms with van der Waals surface area (Å²) in [5.41, 5.74) is 2.61. The molecule has 2 aliphatic rings. The van der Waals surface area contributed by atoms with Crippen LogP contribution in [0, 0.1) is 0 Å². The molecule has 0 radical (unpaired) electrons. The monoisotopic (exact) mass is 350 g/mol. The molecule has 2 aromatic heterocycles. The summed E-state index contributed by atoms with van der Waals surface area (Å²) in [6.07, 6.45) is 6.02. The zero-order valence-corrected chi connectivity index (χ0v) is 14.9. The molecule has 1 fully saturated rings. The summed E-state index contributed by atoms with van der Waals surface area (Å²) in [5, 5.41) is 8.77. The fourth-order valence-corrected chi connectivity index (χ4v) is 4.30. The number of nitrogens with zero attached hydrogens (tertiary/aromatic N) is 6. The van der Waals surface area contributed by atoms with E-state index < -0.39 is 0 Å². The summed E-state index contributed by atoms with van der Waals surface area (Å²) < 4.78 is 4.23. The quantitative estimate of drug-likeness (QED) is 0.710. The summed E-state index contributed by atoms with van der Waals surface area (Å²) in [4.78, 5) is 19.4. The molecule has 7 heteroatoms. The lowest BCUT2D eigenvalue weighted by atomic mass is 9.96. The molecule has 1 saturated heterocycles. The Morgan fingerprint density at radius 1 is 1.19 bits per heavy atom. The van der Waals surface area contributed by atoms with E-state index in [4.69, 9.17) is 0 Å². The number of rotatable bonds is 2. The molecule has 1 amide bonds. The lowest BCUT2D eigenvalue weighted by molar-refractivity contribution is 0.0703.